The van der Waals surface area contributed by atoms with Gasteiger partial charge in [-0.1, -0.05) is 25.1 Å². The van der Waals surface area contributed by atoms with Crippen LogP contribution in [-0.4, -0.2) is 28.9 Å². The van der Waals surface area contributed by atoms with Gasteiger partial charge in [-0.3, -0.25) is 0 Å². The fourth-order valence-electron chi connectivity index (χ4n) is 1.46. The highest BCUT2D eigenvalue weighted by atomic mass is 19.1. The molecule has 2 atom stereocenters. The monoisotopic (exact) mass is 241 g/mol. The number of aliphatic hydroxyl groups excluding tert-OH is 1. The first-order chi connectivity index (χ1) is 7.96. The van der Waals surface area contributed by atoms with Crippen molar-refractivity contribution in [3.05, 3.63) is 35.6 Å². The molecule has 0 aliphatic heterocycles. The van der Waals surface area contributed by atoms with Gasteiger partial charge in [0.1, 0.15) is 5.82 Å². The summed E-state index contributed by atoms with van der Waals surface area (Å²) in [6.45, 7) is 4.19. The number of hydrogen-bond acceptors (Lipinski definition) is 3. The van der Waals surface area contributed by atoms with Gasteiger partial charge >= 0.3 is 0 Å². The molecule has 0 saturated carbocycles. The Morgan fingerprint density at radius 1 is 1.41 bits per heavy atom. The molecule has 0 heterocycles. The SMILES string of the molecule is CCC(C)(O)CNCC(O)c1ccccc1F. The second-order valence-electron chi connectivity index (χ2n) is 4.52. The molecule has 1 rings (SSSR count). The van der Waals surface area contributed by atoms with Gasteiger partial charge in [-0.25, -0.2) is 4.39 Å². The number of aliphatic hydroxyl groups is 2. The maximum absolute atomic E-state index is 13.3. The molecule has 3 nitrogen and oxygen atoms in total. The number of nitrogens with one attached hydrogen (secondary N) is 1. The second kappa shape index (κ2) is 6.10. The summed E-state index contributed by atoms with van der Waals surface area (Å²) >= 11 is 0. The summed E-state index contributed by atoms with van der Waals surface area (Å²) < 4.78 is 13.3. The molecule has 0 aliphatic carbocycles. The summed E-state index contributed by atoms with van der Waals surface area (Å²) in [4.78, 5) is 0. The average molecular weight is 241 g/mol. The lowest BCUT2D eigenvalue weighted by molar-refractivity contribution is 0.0514. The lowest BCUT2D eigenvalue weighted by Crippen LogP contribution is -2.38. The van der Waals surface area contributed by atoms with Gasteiger partial charge in [0.15, 0.2) is 0 Å². The van der Waals surface area contributed by atoms with Crippen molar-refractivity contribution in [2.45, 2.75) is 32.0 Å². The first-order valence-electron chi connectivity index (χ1n) is 5.82. The summed E-state index contributed by atoms with van der Waals surface area (Å²) in [6, 6.07) is 6.14. The van der Waals surface area contributed by atoms with Crippen LogP contribution < -0.4 is 5.32 Å². The molecule has 1 aromatic rings. The van der Waals surface area contributed by atoms with Crippen LogP contribution in [0, 0.1) is 5.82 Å². The van der Waals surface area contributed by atoms with Crippen LogP contribution in [-0.2, 0) is 0 Å². The molecule has 0 amide bonds. The van der Waals surface area contributed by atoms with Crippen LogP contribution in [0.1, 0.15) is 31.9 Å². The fourth-order valence-corrected chi connectivity index (χ4v) is 1.46. The van der Waals surface area contributed by atoms with Crippen molar-refractivity contribution in [3.8, 4) is 0 Å². The van der Waals surface area contributed by atoms with Crippen LogP contribution in [0.4, 0.5) is 4.39 Å². The molecule has 0 aliphatic rings. The Kier molecular flexibility index (Phi) is 5.05. The van der Waals surface area contributed by atoms with Crippen LogP contribution in [0.3, 0.4) is 0 Å². The minimum Gasteiger partial charge on any atom is -0.389 e. The zero-order chi connectivity index (χ0) is 12.9. The van der Waals surface area contributed by atoms with E-state index in [-0.39, 0.29) is 12.1 Å². The standard InChI is InChI=1S/C13H20FNO2/c1-3-13(2,17)9-15-8-12(16)10-6-4-5-7-11(10)14/h4-7,12,15-17H,3,8-9H2,1-2H3. The van der Waals surface area contributed by atoms with Crippen LogP contribution >= 0.6 is 0 Å². The number of hydrogen-bond donors (Lipinski definition) is 3. The Morgan fingerprint density at radius 2 is 2.06 bits per heavy atom. The normalized spacial score (nSPS) is 16.5. The number of rotatable bonds is 6. The van der Waals surface area contributed by atoms with Gasteiger partial charge in [0.25, 0.3) is 0 Å². The van der Waals surface area contributed by atoms with Crippen molar-refractivity contribution in [1.29, 1.82) is 0 Å². The fraction of sp³-hybridized carbons (Fsp3) is 0.538. The lowest BCUT2D eigenvalue weighted by atomic mass is 10.0. The Hall–Kier alpha value is -0.970. The maximum Gasteiger partial charge on any atom is 0.129 e. The van der Waals surface area contributed by atoms with E-state index in [0.717, 1.165) is 0 Å². The van der Waals surface area contributed by atoms with E-state index >= 15 is 0 Å². The molecule has 1 aromatic carbocycles. The smallest absolute Gasteiger partial charge is 0.129 e. The molecular formula is C13H20FNO2. The highest BCUT2D eigenvalue weighted by Gasteiger charge is 2.18. The minimum atomic E-state index is -0.899. The van der Waals surface area contributed by atoms with Crippen molar-refractivity contribution >= 4 is 0 Å². The van der Waals surface area contributed by atoms with Crippen LogP contribution in [0.15, 0.2) is 24.3 Å². The van der Waals surface area contributed by atoms with Crippen molar-refractivity contribution in [3.63, 3.8) is 0 Å². The van der Waals surface area contributed by atoms with E-state index < -0.39 is 17.5 Å². The van der Waals surface area contributed by atoms with Gasteiger partial charge in [-0.2, -0.15) is 0 Å². The molecule has 17 heavy (non-hydrogen) atoms. The highest BCUT2D eigenvalue weighted by molar-refractivity contribution is 5.19. The molecule has 0 fully saturated rings. The van der Waals surface area contributed by atoms with Gasteiger partial charge in [0, 0.05) is 18.7 Å². The molecule has 0 bridgehead atoms. The third-order valence-electron chi connectivity index (χ3n) is 2.87. The Balaban J connectivity index is 2.46. The quantitative estimate of drug-likeness (QED) is 0.709. The summed E-state index contributed by atoms with van der Waals surface area (Å²) in [7, 11) is 0. The van der Waals surface area contributed by atoms with Crippen molar-refractivity contribution in [2.75, 3.05) is 13.1 Å². The van der Waals surface area contributed by atoms with E-state index in [0.29, 0.717) is 13.0 Å². The molecule has 0 aromatic heterocycles. The summed E-state index contributed by atoms with van der Waals surface area (Å²) in [6.07, 6.45) is -0.278. The second-order valence-corrected chi connectivity index (χ2v) is 4.52. The lowest BCUT2D eigenvalue weighted by Gasteiger charge is -2.22. The summed E-state index contributed by atoms with van der Waals surface area (Å²) in [5.74, 6) is -0.413. The topological polar surface area (TPSA) is 52.5 Å². The first kappa shape index (κ1) is 14.1. The number of benzene rings is 1. The van der Waals surface area contributed by atoms with Gasteiger partial charge in [0.05, 0.1) is 11.7 Å². The van der Waals surface area contributed by atoms with Gasteiger partial charge in [-0.15, -0.1) is 0 Å². The molecule has 3 N–H and O–H groups in total. The summed E-state index contributed by atoms with van der Waals surface area (Å²) in [5, 5.41) is 22.5. The molecule has 96 valence electrons. The molecule has 0 radical (unpaired) electrons. The van der Waals surface area contributed by atoms with E-state index in [9.17, 15) is 14.6 Å². The zero-order valence-corrected chi connectivity index (χ0v) is 10.3. The van der Waals surface area contributed by atoms with E-state index in [1.165, 1.54) is 6.07 Å². The maximum atomic E-state index is 13.3. The summed E-state index contributed by atoms with van der Waals surface area (Å²) in [5.41, 5.74) is -0.522. The Labute approximate surface area is 101 Å². The van der Waals surface area contributed by atoms with Gasteiger partial charge in [-0.05, 0) is 19.4 Å². The third kappa shape index (κ3) is 4.42. The van der Waals surface area contributed by atoms with Crippen LogP contribution in [0.25, 0.3) is 0 Å². The van der Waals surface area contributed by atoms with Crippen molar-refractivity contribution in [1.82, 2.24) is 5.32 Å². The van der Waals surface area contributed by atoms with E-state index in [4.69, 9.17) is 0 Å². The highest BCUT2D eigenvalue weighted by Crippen LogP contribution is 2.16. The largest absolute Gasteiger partial charge is 0.389 e. The Bertz CT molecular complexity index is 355. The number of halogens is 1. The average Bonchev–Trinajstić information content (AvgIpc) is 2.29. The molecular weight excluding hydrogens is 221 g/mol. The Morgan fingerprint density at radius 3 is 2.65 bits per heavy atom. The van der Waals surface area contributed by atoms with Crippen LogP contribution in [0.5, 0.6) is 0 Å². The predicted molar refractivity (Wildman–Crippen MR) is 65.1 cm³/mol. The zero-order valence-electron chi connectivity index (χ0n) is 10.3. The molecule has 2 unspecified atom stereocenters. The van der Waals surface area contributed by atoms with E-state index in [1.54, 1.807) is 25.1 Å². The van der Waals surface area contributed by atoms with Crippen LogP contribution in [0.2, 0.25) is 0 Å². The third-order valence-corrected chi connectivity index (χ3v) is 2.87. The van der Waals surface area contributed by atoms with E-state index in [1.807, 2.05) is 6.92 Å². The van der Waals surface area contributed by atoms with Crippen molar-refractivity contribution in [2.24, 2.45) is 0 Å². The van der Waals surface area contributed by atoms with Gasteiger partial charge < -0.3 is 15.5 Å². The first-order valence-corrected chi connectivity index (χ1v) is 5.82. The minimum absolute atomic E-state index is 0.219. The van der Waals surface area contributed by atoms with Gasteiger partial charge in [0.2, 0.25) is 0 Å². The van der Waals surface area contributed by atoms with Crippen molar-refractivity contribution < 1.29 is 14.6 Å². The van der Waals surface area contributed by atoms with E-state index in [2.05, 4.69) is 5.32 Å². The molecule has 0 saturated heterocycles. The predicted octanol–water partition coefficient (Wildman–Crippen LogP) is 1.61. The molecule has 0 spiro atoms. The molecule has 4 heteroatoms.